The number of hydrogen-bond acceptors (Lipinski definition) is 4. The summed E-state index contributed by atoms with van der Waals surface area (Å²) >= 11 is 0. The van der Waals surface area contributed by atoms with Gasteiger partial charge in [0.15, 0.2) is 0 Å². The lowest BCUT2D eigenvalue weighted by Crippen LogP contribution is -2.55. The van der Waals surface area contributed by atoms with Gasteiger partial charge >= 0.3 is 12.1 Å². The molecule has 0 radical (unpaired) electrons. The summed E-state index contributed by atoms with van der Waals surface area (Å²) in [4.78, 5) is 38.3. The zero-order chi connectivity index (χ0) is 17.9. The fraction of sp³-hybridized carbons (Fsp3) is 0.471. The number of carboxylic acids is 1. The van der Waals surface area contributed by atoms with Gasteiger partial charge in [0, 0.05) is 6.54 Å². The molecule has 0 unspecified atom stereocenters. The fourth-order valence-corrected chi connectivity index (χ4v) is 2.55. The maximum atomic E-state index is 12.5. The Labute approximate surface area is 140 Å². The fourth-order valence-electron chi connectivity index (χ4n) is 2.55. The average molecular weight is 334 g/mol. The third kappa shape index (κ3) is 4.47. The Morgan fingerprint density at radius 2 is 1.88 bits per heavy atom. The van der Waals surface area contributed by atoms with Gasteiger partial charge in [-0.3, -0.25) is 14.5 Å². The van der Waals surface area contributed by atoms with Crippen LogP contribution in [0.25, 0.3) is 0 Å². The van der Waals surface area contributed by atoms with E-state index in [9.17, 15) is 14.4 Å². The van der Waals surface area contributed by atoms with Crippen molar-refractivity contribution in [3.05, 3.63) is 35.9 Å². The van der Waals surface area contributed by atoms with Crippen LogP contribution < -0.4 is 0 Å². The standard InChI is InChI=1S/C17H22N2O5/c1-17(2,3)24-16(23)19-10-14(20)18(11-15(21)22)9-13(19)12-7-5-4-6-8-12/h4-8,13H,9-11H2,1-3H3,(H,21,22)/t13-/m1/s1. The summed E-state index contributed by atoms with van der Waals surface area (Å²) in [6.45, 7) is 4.79. The number of amides is 2. The first kappa shape index (κ1) is 17.8. The molecular formula is C17H22N2O5. The summed E-state index contributed by atoms with van der Waals surface area (Å²) < 4.78 is 5.39. The van der Waals surface area contributed by atoms with Gasteiger partial charge in [-0.05, 0) is 26.3 Å². The van der Waals surface area contributed by atoms with Crippen LogP contribution in [0.3, 0.4) is 0 Å². The van der Waals surface area contributed by atoms with Crippen molar-refractivity contribution in [3.8, 4) is 0 Å². The van der Waals surface area contributed by atoms with Gasteiger partial charge in [0.1, 0.15) is 18.7 Å². The minimum Gasteiger partial charge on any atom is -0.480 e. The van der Waals surface area contributed by atoms with Gasteiger partial charge in [-0.2, -0.15) is 0 Å². The maximum absolute atomic E-state index is 12.5. The number of carboxylic acid groups (broad SMARTS) is 1. The van der Waals surface area contributed by atoms with E-state index in [-0.39, 0.29) is 19.6 Å². The molecule has 7 heteroatoms. The zero-order valence-corrected chi connectivity index (χ0v) is 14.1. The van der Waals surface area contributed by atoms with E-state index in [1.807, 2.05) is 30.3 Å². The normalized spacial score (nSPS) is 18.5. The molecule has 1 aromatic carbocycles. The van der Waals surface area contributed by atoms with Crippen LogP contribution in [0.2, 0.25) is 0 Å². The van der Waals surface area contributed by atoms with E-state index in [0.29, 0.717) is 0 Å². The SMILES string of the molecule is CC(C)(C)OC(=O)N1CC(=O)N(CC(=O)O)C[C@@H]1c1ccccc1. The van der Waals surface area contributed by atoms with Crippen LogP contribution in [-0.2, 0) is 14.3 Å². The Morgan fingerprint density at radius 3 is 2.42 bits per heavy atom. The van der Waals surface area contributed by atoms with E-state index in [0.717, 1.165) is 5.56 Å². The second kappa shape index (κ2) is 6.90. The molecule has 1 aliphatic rings. The molecule has 2 amide bonds. The highest BCUT2D eigenvalue weighted by Crippen LogP contribution is 2.27. The van der Waals surface area contributed by atoms with Gasteiger partial charge in [-0.25, -0.2) is 4.79 Å². The minimum atomic E-state index is -1.08. The molecule has 0 aliphatic carbocycles. The van der Waals surface area contributed by atoms with E-state index < -0.39 is 29.6 Å². The molecule has 1 fully saturated rings. The largest absolute Gasteiger partial charge is 0.480 e. The number of rotatable bonds is 3. The summed E-state index contributed by atoms with van der Waals surface area (Å²) in [6.07, 6.45) is -0.584. The topological polar surface area (TPSA) is 87.2 Å². The molecule has 24 heavy (non-hydrogen) atoms. The maximum Gasteiger partial charge on any atom is 0.411 e. The number of ether oxygens (including phenoxy) is 1. The Balaban J connectivity index is 2.28. The molecule has 130 valence electrons. The van der Waals surface area contributed by atoms with Crippen LogP contribution in [0.15, 0.2) is 30.3 Å². The quantitative estimate of drug-likeness (QED) is 0.912. The molecule has 0 aromatic heterocycles. The third-order valence-corrected chi connectivity index (χ3v) is 3.57. The molecule has 1 atom stereocenters. The van der Waals surface area contributed by atoms with E-state index in [1.165, 1.54) is 9.80 Å². The molecule has 2 rings (SSSR count). The molecule has 7 nitrogen and oxygen atoms in total. The van der Waals surface area contributed by atoms with Gasteiger partial charge in [0.2, 0.25) is 5.91 Å². The van der Waals surface area contributed by atoms with Crippen LogP contribution in [0.5, 0.6) is 0 Å². The monoisotopic (exact) mass is 334 g/mol. The Hall–Kier alpha value is -2.57. The lowest BCUT2D eigenvalue weighted by Gasteiger charge is -2.40. The van der Waals surface area contributed by atoms with Crippen LogP contribution in [0.4, 0.5) is 4.79 Å². The smallest absolute Gasteiger partial charge is 0.411 e. The molecule has 1 aliphatic heterocycles. The summed E-state index contributed by atoms with van der Waals surface area (Å²) in [5.41, 5.74) is 0.144. The van der Waals surface area contributed by atoms with Crippen LogP contribution in [0.1, 0.15) is 32.4 Å². The summed E-state index contributed by atoms with van der Waals surface area (Å²) in [7, 11) is 0. The van der Waals surface area contributed by atoms with Crippen molar-refractivity contribution in [2.24, 2.45) is 0 Å². The second-order valence-corrected chi connectivity index (χ2v) is 6.70. The van der Waals surface area contributed by atoms with Gasteiger partial charge in [0.05, 0.1) is 6.04 Å². The highest BCUT2D eigenvalue weighted by Gasteiger charge is 2.38. The summed E-state index contributed by atoms with van der Waals surface area (Å²) in [5, 5.41) is 8.97. The third-order valence-electron chi connectivity index (χ3n) is 3.57. The molecule has 1 N–H and O–H groups in total. The predicted octanol–water partition coefficient (Wildman–Crippen LogP) is 1.89. The average Bonchev–Trinajstić information content (AvgIpc) is 2.47. The predicted molar refractivity (Wildman–Crippen MR) is 86.3 cm³/mol. The Morgan fingerprint density at radius 1 is 1.25 bits per heavy atom. The van der Waals surface area contributed by atoms with Gasteiger partial charge in [-0.1, -0.05) is 30.3 Å². The molecule has 1 heterocycles. The number of carbonyl (C=O) groups is 3. The molecule has 0 bridgehead atoms. The first-order chi connectivity index (χ1) is 11.2. The van der Waals surface area contributed by atoms with Crippen molar-refractivity contribution in [1.29, 1.82) is 0 Å². The van der Waals surface area contributed by atoms with Crippen molar-refractivity contribution < 1.29 is 24.2 Å². The van der Waals surface area contributed by atoms with E-state index in [4.69, 9.17) is 9.84 Å². The second-order valence-electron chi connectivity index (χ2n) is 6.70. The van der Waals surface area contributed by atoms with Crippen LogP contribution in [-0.4, -0.2) is 58.1 Å². The van der Waals surface area contributed by atoms with Crippen molar-refractivity contribution in [1.82, 2.24) is 9.80 Å². The Kier molecular flexibility index (Phi) is 5.11. The van der Waals surface area contributed by atoms with Gasteiger partial charge < -0.3 is 14.7 Å². The summed E-state index contributed by atoms with van der Waals surface area (Å²) in [6, 6.07) is 8.76. The lowest BCUT2D eigenvalue weighted by atomic mass is 10.0. The van der Waals surface area contributed by atoms with E-state index in [1.54, 1.807) is 20.8 Å². The lowest BCUT2D eigenvalue weighted by molar-refractivity contribution is -0.148. The summed E-state index contributed by atoms with van der Waals surface area (Å²) in [5.74, 6) is -1.49. The Bertz CT molecular complexity index is 624. The first-order valence-electron chi connectivity index (χ1n) is 7.71. The molecule has 0 spiro atoms. The van der Waals surface area contributed by atoms with Crippen molar-refractivity contribution >= 4 is 18.0 Å². The van der Waals surface area contributed by atoms with Crippen molar-refractivity contribution in [2.45, 2.75) is 32.4 Å². The highest BCUT2D eigenvalue weighted by atomic mass is 16.6. The van der Waals surface area contributed by atoms with Gasteiger partial charge in [0.25, 0.3) is 0 Å². The van der Waals surface area contributed by atoms with Crippen molar-refractivity contribution in [3.63, 3.8) is 0 Å². The van der Waals surface area contributed by atoms with Crippen molar-refractivity contribution in [2.75, 3.05) is 19.6 Å². The number of nitrogens with zero attached hydrogens (tertiary/aromatic N) is 2. The molecule has 0 saturated carbocycles. The number of piperazine rings is 1. The molecular weight excluding hydrogens is 312 g/mol. The minimum absolute atomic E-state index is 0.119. The van der Waals surface area contributed by atoms with Crippen LogP contribution >= 0.6 is 0 Å². The number of benzene rings is 1. The highest BCUT2D eigenvalue weighted by molar-refractivity contribution is 5.86. The van der Waals surface area contributed by atoms with E-state index >= 15 is 0 Å². The van der Waals surface area contributed by atoms with E-state index in [2.05, 4.69) is 0 Å². The zero-order valence-electron chi connectivity index (χ0n) is 14.1. The van der Waals surface area contributed by atoms with Crippen LogP contribution in [0, 0.1) is 0 Å². The first-order valence-corrected chi connectivity index (χ1v) is 7.71. The number of carbonyl (C=O) groups excluding carboxylic acids is 2. The molecule has 1 aromatic rings. The number of hydrogen-bond donors (Lipinski definition) is 1. The number of aliphatic carboxylic acids is 1. The van der Waals surface area contributed by atoms with Gasteiger partial charge in [-0.15, -0.1) is 0 Å². The molecule has 1 saturated heterocycles.